The van der Waals surface area contributed by atoms with Gasteiger partial charge in [-0.05, 0) is 24.4 Å². The smallest absolute Gasteiger partial charge is 0.224 e. The summed E-state index contributed by atoms with van der Waals surface area (Å²) in [6, 6.07) is 0. The van der Waals surface area contributed by atoms with Gasteiger partial charge in [-0.1, -0.05) is 0 Å². The standard InChI is InChI=1S/C8H13ClN4O/c9-8-12-5-6(10)7(13-8)11-3-1-2-4-14/h5,14H,1-4,10H2,(H,11,12,13). The fraction of sp³-hybridized carbons (Fsp3) is 0.500. The Morgan fingerprint density at radius 2 is 2.29 bits per heavy atom. The minimum atomic E-state index is 0.170. The van der Waals surface area contributed by atoms with E-state index >= 15 is 0 Å². The molecular formula is C8H13ClN4O. The second-order valence-electron chi connectivity index (χ2n) is 2.80. The van der Waals surface area contributed by atoms with Gasteiger partial charge in [0.1, 0.15) is 0 Å². The van der Waals surface area contributed by atoms with Crippen molar-refractivity contribution in [1.82, 2.24) is 9.97 Å². The molecule has 0 aliphatic rings. The van der Waals surface area contributed by atoms with Crippen LogP contribution < -0.4 is 11.1 Å². The Labute approximate surface area is 87.3 Å². The van der Waals surface area contributed by atoms with Crippen LogP contribution in [0.25, 0.3) is 0 Å². The summed E-state index contributed by atoms with van der Waals surface area (Å²) < 4.78 is 0. The van der Waals surface area contributed by atoms with Crippen molar-refractivity contribution in [3.8, 4) is 0 Å². The molecule has 0 atom stereocenters. The van der Waals surface area contributed by atoms with Gasteiger partial charge >= 0.3 is 0 Å². The van der Waals surface area contributed by atoms with Crippen LogP contribution in [0.15, 0.2) is 6.20 Å². The Hall–Kier alpha value is -1.07. The molecule has 0 amide bonds. The minimum absolute atomic E-state index is 0.170. The van der Waals surface area contributed by atoms with Crippen molar-refractivity contribution >= 4 is 23.1 Å². The second-order valence-corrected chi connectivity index (χ2v) is 3.14. The maximum absolute atomic E-state index is 8.56. The lowest BCUT2D eigenvalue weighted by Crippen LogP contribution is -2.07. The molecule has 1 aromatic rings. The Kier molecular flexibility index (Phi) is 4.42. The number of nitrogens with one attached hydrogen (secondary N) is 1. The molecule has 4 N–H and O–H groups in total. The number of aliphatic hydroxyl groups is 1. The number of anilines is 2. The van der Waals surface area contributed by atoms with Gasteiger partial charge in [0.2, 0.25) is 5.28 Å². The zero-order chi connectivity index (χ0) is 10.4. The molecule has 0 aliphatic heterocycles. The fourth-order valence-electron chi connectivity index (χ4n) is 0.955. The van der Waals surface area contributed by atoms with Gasteiger partial charge in [0.25, 0.3) is 0 Å². The largest absolute Gasteiger partial charge is 0.396 e. The van der Waals surface area contributed by atoms with E-state index in [9.17, 15) is 0 Å². The third-order valence-corrected chi connectivity index (χ3v) is 1.85. The third-order valence-electron chi connectivity index (χ3n) is 1.66. The molecule has 0 saturated carbocycles. The van der Waals surface area contributed by atoms with Crippen molar-refractivity contribution in [1.29, 1.82) is 0 Å². The van der Waals surface area contributed by atoms with E-state index in [1.165, 1.54) is 6.20 Å². The average Bonchev–Trinajstić information content (AvgIpc) is 2.18. The predicted molar refractivity (Wildman–Crippen MR) is 56.3 cm³/mol. The van der Waals surface area contributed by atoms with E-state index in [0.29, 0.717) is 18.1 Å². The lowest BCUT2D eigenvalue weighted by Gasteiger charge is -2.06. The summed E-state index contributed by atoms with van der Waals surface area (Å²) in [4.78, 5) is 7.66. The number of nitrogen functional groups attached to an aromatic ring is 1. The molecular weight excluding hydrogens is 204 g/mol. The van der Waals surface area contributed by atoms with Gasteiger partial charge in [-0.25, -0.2) is 4.98 Å². The maximum Gasteiger partial charge on any atom is 0.224 e. The summed E-state index contributed by atoms with van der Waals surface area (Å²) in [5.74, 6) is 0.544. The highest BCUT2D eigenvalue weighted by atomic mass is 35.5. The summed E-state index contributed by atoms with van der Waals surface area (Å²) in [6.45, 7) is 0.903. The zero-order valence-electron chi connectivity index (χ0n) is 7.70. The van der Waals surface area contributed by atoms with Crippen molar-refractivity contribution in [2.45, 2.75) is 12.8 Å². The number of rotatable bonds is 5. The molecule has 6 heteroatoms. The molecule has 5 nitrogen and oxygen atoms in total. The van der Waals surface area contributed by atoms with E-state index in [1.807, 2.05) is 0 Å². The number of nitrogens with zero attached hydrogens (tertiary/aromatic N) is 2. The Morgan fingerprint density at radius 1 is 1.50 bits per heavy atom. The summed E-state index contributed by atoms with van der Waals surface area (Å²) in [7, 11) is 0. The first-order valence-corrected chi connectivity index (χ1v) is 4.74. The highest BCUT2D eigenvalue weighted by Crippen LogP contribution is 2.15. The monoisotopic (exact) mass is 216 g/mol. The van der Waals surface area contributed by atoms with E-state index in [4.69, 9.17) is 22.4 Å². The minimum Gasteiger partial charge on any atom is -0.396 e. The topological polar surface area (TPSA) is 84.1 Å². The molecule has 0 spiro atoms. The summed E-state index contributed by atoms with van der Waals surface area (Å²) in [5, 5.41) is 11.8. The van der Waals surface area contributed by atoms with Gasteiger partial charge in [0.15, 0.2) is 5.82 Å². The highest BCUT2D eigenvalue weighted by Gasteiger charge is 2.01. The number of unbranched alkanes of at least 4 members (excludes halogenated alkanes) is 1. The first-order valence-electron chi connectivity index (χ1n) is 4.37. The highest BCUT2D eigenvalue weighted by molar-refractivity contribution is 6.28. The van der Waals surface area contributed by atoms with Crippen LogP contribution in [-0.4, -0.2) is 28.2 Å². The zero-order valence-corrected chi connectivity index (χ0v) is 8.46. The molecule has 0 radical (unpaired) electrons. The molecule has 0 bridgehead atoms. The van der Waals surface area contributed by atoms with Crippen LogP contribution >= 0.6 is 11.6 Å². The van der Waals surface area contributed by atoms with Crippen LogP contribution in [0.4, 0.5) is 11.5 Å². The van der Waals surface area contributed by atoms with Gasteiger partial charge in [0, 0.05) is 13.2 Å². The number of hydrogen-bond acceptors (Lipinski definition) is 5. The maximum atomic E-state index is 8.56. The number of nitrogens with two attached hydrogens (primary N) is 1. The number of aromatic nitrogens is 2. The SMILES string of the molecule is Nc1cnc(Cl)nc1NCCCCO. The van der Waals surface area contributed by atoms with Crippen LogP contribution in [0.3, 0.4) is 0 Å². The van der Waals surface area contributed by atoms with Crippen LogP contribution in [0.5, 0.6) is 0 Å². The van der Waals surface area contributed by atoms with E-state index in [-0.39, 0.29) is 11.9 Å². The van der Waals surface area contributed by atoms with Crippen molar-refractivity contribution in [2.24, 2.45) is 0 Å². The van der Waals surface area contributed by atoms with Gasteiger partial charge < -0.3 is 16.2 Å². The van der Waals surface area contributed by atoms with Gasteiger partial charge in [-0.15, -0.1) is 0 Å². The number of halogens is 1. The molecule has 0 aliphatic carbocycles. The lowest BCUT2D eigenvalue weighted by atomic mass is 10.3. The van der Waals surface area contributed by atoms with Crippen LogP contribution in [-0.2, 0) is 0 Å². The number of aliphatic hydroxyl groups excluding tert-OH is 1. The van der Waals surface area contributed by atoms with E-state index in [0.717, 1.165) is 12.8 Å². The third kappa shape index (κ3) is 3.35. The van der Waals surface area contributed by atoms with Crippen LogP contribution in [0.1, 0.15) is 12.8 Å². The van der Waals surface area contributed by atoms with Crippen molar-refractivity contribution in [2.75, 3.05) is 24.2 Å². The molecule has 14 heavy (non-hydrogen) atoms. The predicted octanol–water partition coefficient (Wildman–Crippen LogP) is 0.897. The molecule has 78 valence electrons. The number of hydrogen-bond donors (Lipinski definition) is 3. The van der Waals surface area contributed by atoms with E-state index in [2.05, 4.69) is 15.3 Å². The Morgan fingerprint density at radius 3 is 3.00 bits per heavy atom. The van der Waals surface area contributed by atoms with Crippen LogP contribution in [0.2, 0.25) is 5.28 Å². The second kappa shape index (κ2) is 5.62. The molecule has 1 aromatic heterocycles. The van der Waals surface area contributed by atoms with Gasteiger partial charge in [-0.2, -0.15) is 4.98 Å². The van der Waals surface area contributed by atoms with Crippen LogP contribution in [0, 0.1) is 0 Å². The molecule has 1 heterocycles. The molecule has 0 aromatic carbocycles. The van der Waals surface area contributed by atoms with E-state index in [1.54, 1.807) is 0 Å². The first-order chi connectivity index (χ1) is 6.74. The molecule has 0 fully saturated rings. The summed E-state index contributed by atoms with van der Waals surface area (Å²) in [6.07, 6.45) is 3.08. The van der Waals surface area contributed by atoms with Gasteiger partial charge in [-0.3, -0.25) is 0 Å². The lowest BCUT2D eigenvalue weighted by molar-refractivity contribution is 0.286. The van der Waals surface area contributed by atoms with Crippen molar-refractivity contribution in [3.63, 3.8) is 0 Å². The van der Waals surface area contributed by atoms with Crippen molar-refractivity contribution in [3.05, 3.63) is 11.5 Å². The molecule has 0 saturated heterocycles. The first kappa shape index (κ1) is 11.0. The Bertz CT molecular complexity index is 295. The quantitative estimate of drug-likeness (QED) is 0.503. The average molecular weight is 217 g/mol. The van der Waals surface area contributed by atoms with E-state index < -0.39 is 0 Å². The van der Waals surface area contributed by atoms with Gasteiger partial charge in [0.05, 0.1) is 11.9 Å². The summed E-state index contributed by atoms with van der Waals surface area (Å²) in [5.41, 5.74) is 6.08. The van der Waals surface area contributed by atoms with Crippen molar-refractivity contribution < 1.29 is 5.11 Å². The molecule has 1 rings (SSSR count). The molecule has 0 unspecified atom stereocenters. The summed E-state index contributed by atoms with van der Waals surface area (Å²) >= 11 is 5.60. The normalized spacial score (nSPS) is 10.1. The Balaban J connectivity index is 2.45. The fourth-order valence-corrected chi connectivity index (χ4v) is 1.09.